The van der Waals surface area contributed by atoms with Crippen molar-refractivity contribution in [1.29, 1.82) is 0 Å². The van der Waals surface area contributed by atoms with Gasteiger partial charge in [-0.15, -0.1) is 0 Å². The van der Waals surface area contributed by atoms with Gasteiger partial charge in [0, 0.05) is 18.3 Å². The molecule has 0 fully saturated rings. The summed E-state index contributed by atoms with van der Waals surface area (Å²) in [5, 5.41) is 11.3. The zero-order valence-electron chi connectivity index (χ0n) is 10.9. The number of benzene rings is 1. The van der Waals surface area contributed by atoms with Gasteiger partial charge in [0.1, 0.15) is 4.64 Å². The van der Waals surface area contributed by atoms with Crippen LogP contribution < -0.4 is 10.8 Å². The van der Waals surface area contributed by atoms with E-state index in [0.29, 0.717) is 22.3 Å². The van der Waals surface area contributed by atoms with Crippen LogP contribution in [0, 0.1) is 4.64 Å². The first kappa shape index (κ1) is 14.9. The van der Waals surface area contributed by atoms with Crippen LogP contribution >= 0.6 is 12.2 Å². The van der Waals surface area contributed by atoms with E-state index in [9.17, 15) is 9.59 Å². The second-order valence-corrected chi connectivity index (χ2v) is 4.64. The Morgan fingerprint density at radius 2 is 1.86 bits per heavy atom. The predicted molar refractivity (Wildman–Crippen MR) is 78.5 cm³/mol. The lowest BCUT2D eigenvalue weighted by Gasteiger charge is -2.06. The Hall–Kier alpha value is -2.51. The maximum Gasteiger partial charge on any atom is 0.274 e. The highest BCUT2D eigenvalue weighted by Gasteiger charge is 2.07. The van der Waals surface area contributed by atoms with Crippen LogP contribution in [0.15, 0.2) is 42.6 Å². The summed E-state index contributed by atoms with van der Waals surface area (Å²) in [4.78, 5) is 25.9. The number of carbonyl (C=O) groups excluding carboxylic acids is 2. The van der Waals surface area contributed by atoms with Crippen LogP contribution in [-0.2, 0) is 6.54 Å². The van der Waals surface area contributed by atoms with Crippen molar-refractivity contribution >= 4 is 24.0 Å². The maximum absolute atomic E-state index is 12.0. The van der Waals surface area contributed by atoms with Crippen LogP contribution in [0.4, 0.5) is 0 Å². The Morgan fingerprint density at radius 1 is 1.14 bits per heavy atom. The minimum Gasteiger partial charge on any atom is -0.352 e. The van der Waals surface area contributed by atoms with Crippen LogP contribution in [-0.4, -0.2) is 22.0 Å². The molecule has 4 N–H and O–H groups in total. The molecule has 1 aromatic carbocycles. The van der Waals surface area contributed by atoms with Crippen molar-refractivity contribution in [3.8, 4) is 0 Å². The first-order chi connectivity index (χ1) is 10.1. The van der Waals surface area contributed by atoms with E-state index in [0.717, 1.165) is 5.56 Å². The summed E-state index contributed by atoms with van der Waals surface area (Å²) in [6.07, 6.45) is 1.66. The normalized spacial score (nSPS) is 9.95. The number of hydrogen-bond acceptors (Lipinski definition) is 4. The Kier molecular flexibility index (Phi) is 4.81. The second-order valence-electron chi connectivity index (χ2n) is 4.23. The van der Waals surface area contributed by atoms with E-state index < -0.39 is 5.91 Å². The third-order valence-corrected chi connectivity index (χ3v) is 3.17. The van der Waals surface area contributed by atoms with Gasteiger partial charge in [-0.3, -0.25) is 14.8 Å². The van der Waals surface area contributed by atoms with Gasteiger partial charge in [-0.05, 0) is 29.8 Å². The minimum atomic E-state index is -0.582. The molecule has 1 aromatic heterocycles. The number of rotatable bonds is 4. The molecule has 7 heteroatoms. The van der Waals surface area contributed by atoms with E-state index in [-0.39, 0.29) is 5.91 Å². The number of amides is 2. The van der Waals surface area contributed by atoms with Crippen LogP contribution in [0.1, 0.15) is 26.3 Å². The smallest absolute Gasteiger partial charge is 0.274 e. The second kappa shape index (κ2) is 6.78. The molecule has 0 aliphatic rings. The molecule has 0 saturated carbocycles. The maximum atomic E-state index is 12.0. The van der Waals surface area contributed by atoms with Crippen molar-refractivity contribution in [2.75, 3.05) is 0 Å². The molecule has 0 spiro atoms. The number of H-pyrrole nitrogens is 1. The molecule has 0 atom stereocenters. The highest BCUT2D eigenvalue weighted by atomic mass is 32.1. The molecule has 2 aromatic rings. The number of aromatic nitrogens is 1. The van der Waals surface area contributed by atoms with Crippen molar-refractivity contribution in [3.63, 3.8) is 0 Å². The Balaban J connectivity index is 2.00. The number of pyridine rings is 1. The van der Waals surface area contributed by atoms with Gasteiger partial charge in [0.05, 0.1) is 5.56 Å². The fourth-order valence-corrected chi connectivity index (χ4v) is 1.95. The molecule has 21 heavy (non-hydrogen) atoms. The molecule has 6 nitrogen and oxygen atoms in total. The molecule has 2 rings (SSSR count). The highest BCUT2D eigenvalue weighted by Crippen LogP contribution is 2.05. The molecule has 0 aliphatic heterocycles. The average molecular weight is 303 g/mol. The molecule has 0 bridgehead atoms. The first-order valence-corrected chi connectivity index (χ1v) is 6.52. The Labute approximate surface area is 125 Å². The van der Waals surface area contributed by atoms with Crippen molar-refractivity contribution in [2.24, 2.45) is 0 Å². The quantitative estimate of drug-likeness (QED) is 0.393. The molecule has 0 aliphatic carbocycles. The van der Waals surface area contributed by atoms with Crippen LogP contribution in [0.5, 0.6) is 0 Å². The van der Waals surface area contributed by atoms with Gasteiger partial charge in [-0.1, -0.05) is 24.4 Å². The molecular weight excluding hydrogens is 290 g/mol. The van der Waals surface area contributed by atoms with Crippen molar-refractivity contribution in [3.05, 3.63) is 63.9 Å². The fraction of sp³-hybridized carbons (Fsp3) is 0.0714. The van der Waals surface area contributed by atoms with Gasteiger partial charge >= 0.3 is 0 Å². The largest absolute Gasteiger partial charge is 0.352 e. The third-order valence-electron chi connectivity index (χ3n) is 2.83. The van der Waals surface area contributed by atoms with Gasteiger partial charge in [0.25, 0.3) is 11.8 Å². The van der Waals surface area contributed by atoms with Gasteiger partial charge in [0.15, 0.2) is 0 Å². The van der Waals surface area contributed by atoms with Crippen LogP contribution in [0.25, 0.3) is 0 Å². The summed E-state index contributed by atoms with van der Waals surface area (Å²) >= 11 is 5.03. The third kappa shape index (κ3) is 3.74. The average Bonchev–Trinajstić information content (AvgIpc) is 2.52. The SMILES string of the molecule is O=C(NO)c1ccc(CNC(=O)c2ccc[nH]c2=S)cc1. The molecular formula is C14H13N3O3S. The number of carbonyl (C=O) groups is 2. The van der Waals surface area contributed by atoms with Gasteiger partial charge < -0.3 is 10.3 Å². The van der Waals surface area contributed by atoms with Crippen LogP contribution in [0.3, 0.4) is 0 Å². The molecule has 2 amide bonds. The minimum absolute atomic E-state index is 0.269. The molecule has 0 unspecified atom stereocenters. The molecule has 0 radical (unpaired) electrons. The number of nitrogens with one attached hydrogen (secondary N) is 3. The molecule has 0 saturated heterocycles. The fourth-order valence-electron chi connectivity index (χ4n) is 1.72. The Morgan fingerprint density at radius 3 is 2.48 bits per heavy atom. The summed E-state index contributed by atoms with van der Waals surface area (Å²) in [7, 11) is 0. The van der Waals surface area contributed by atoms with Gasteiger partial charge in [0.2, 0.25) is 0 Å². The monoisotopic (exact) mass is 303 g/mol. The van der Waals surface area contributed by atoms with E-state index in [1.54, 1.807) is 48.1 Å². The van der Waals surface area contributed by atoms with E-state index in [1.165, 1.54) is 0 Å². The molecule has 1 heterocycles. The van der Waals surface area contributed by atoms with Crippen LogP contribution in [0.2, 0.25) is 0 Å². The number of aromatic amines is 1. The van der Waals surface area contributed by atoms with Gasteiger partial charge in [-0.25, -0.2) is 5.48 Å². The summed E-state index contributed by atoms with van der Waals surface area (Å²) in [5.74, 6) is -0.852. The van der Waals surface area contributed by atoms with E-state index >= 15 is 0 Å². The zero-order valence-corrected chi connectivity index (χ0v) is 11.7. The standard InChI is InChI=1S/C14H13N3O3S/c18-12(17-20)10-5-3-9(4-6-10)8-16-13(19)11-2-1-7-15-14(11)21/h1-7,20H,8H2,(H,15,21)(H,16,19)(H,17,18). The summed E-state index contributed by atoms with van der Waals surface area (Å²) in [6.45, 7) is 0.309. The number of hydroxylamine groups is 1. The van der Waals surface area contributed by atoms with Gasteiger partial charge in [-0.2, -0.15) is 0 Å². The van der Waals surface area contributed by atoms with Crippen molar-refractivity contribution in [2.45, 2.75) is 6.54 Å². The van der Waals surface area contributed by atoms with Crippen molar-refractivity contribution in [1.82, 2.24) is 15.8 Å². The van der Waals surface area contributed by atoms with E-state index in [4.69, 9.17) is 17.4 Å². The lowest BCUT2D eigenvalue weighted by molar-refractivity contribution is 0.0706. The lowest BCUT2D eigenvalue weighted by atomic mass is 10.1. The van der Waals surface area contributed by atoms with Crippen molar-refractivity contribution < 1.29 is 14.8 Å². The summed E-state index contributed by atoms with van der Waals surface area (Å²) < 4.78 is 0.380. The lowest BCUT2D eigenvalue weighted by Crippen LogP contribution is -2.23. The highest BCUT2D eigenvalue weighted by molar-refractivity contribution is 7.71. The number of hydrogen-bond donors (Lipinski definition) is 4. The van der Waals surface area contributed by atoms with E-state index in [1.807, 2.05) is 0 Å². The zero-order chi connectivity index (χ0) is 15.2. The molecule has 108 valence electrons. The van der Waals surface area contributed by atoms with E-state index in [2.05, 4.69) is 10.3 Å². The topological polar surface area (TPSA) is 94.2 Å². The Bertz CT molecular complexity index is 710. The summed E-state index contributed by atoms with van der Waals surface area (Å²) in [5.41, 5.74) is 3.12. The summed E-state index contributed by atoms with van der Waals surface area (Å²) in [6, 6.07) is 9.84. The predicted octanol–water partition coefficient (Wildman–Crippen LogP) is 1.79. The first-order valence-electron chi connectivity index (χ1n) is 6.11.